The van der Waals surface area contributed by atoms with Gasteiger partial charge in [0.15, 0.2) is 0 Å². The molecule has 1 saturated heterocycles. The van der Waals surface area contributed by atoms with E-state index in [0.29, 0.717) is 0 Å². The second kappa shape index (κ2) is 3.74. The molecule has 0 aromatic rings. The lowest BCUT2D eigenvalue weighted by Gasteiger charge is -2.27. The minimum atomic E-state index is 0.718. The van der Waals surface area contributed by atoms with Gasteiger partial charge in [-0.2, -0.15) is 0 Å². The molecular formula is C8H16N2. The number of nitrogens with one attached hydrogen (secondary N) is 2. The molecule has 2 N–H and O–H groups in total. The number of hydrogen-bond acceptors (Lipinski definition) is 2. The molecule has 0 aromatic heterocycles. The number of hydrogen-bond donors (Lipinski definition) is 2. The van der Waals surface area contributed by atoms with E-state index in [2.05, 4.69) is 30.6 Å². The van der Waals surface area contributed by atoms with E-state index in [0.717, 1.165) is 25.7 Å². The summed E-state index contributed by atoms with van der Waals surface area (Å²) in [6, 6.07) is 0.718. The highest BCUT2D eigenvalue weighted by Gasteiger charge is 2.13. The van der Waals surface area contributed by atoms with Gasteiger partial charge >= 0.3 is 0 Å². The second-order valence-electron chi connectivity index (χ2n) is 3.04. The zero-order valence-corrected chi connectivity index (χ0v) is 6.78. The maximum Gasteiger partial charge on any atom is 0.0320 e. The van der Waals surface area contributed by atoms with Crippen LogP contribution in [0.2, 0.25) is 0 Å². The lowest BCUT2D eigenvalue weighted by Crippen LogP contribution is -2.55. The van der Waals surface area contributed by atoms with Crippen LogP contribution in [0, 0.1) is 0 Å². The van der Waals surface area contributed by atoms with Gasteiger partial charge in [-0.1, -0.05) is 11.6 Å². The Labute approximate surface area is 62.7 Å². The summed E-state index contributed by atoms with van der Waals surface area (Å²) < 4.78 is 0. The van der Waals surface area contributed by atoms with Crippen LogP contribution in [0.4, 0.5) is 0 Å². The van der Waals surface area contributed by atoms with Gasteiger partial charge in [0.2, 0.25) is 0 Å². The third-order valence-corrected chi connectivity index (χ3v) is 1.70. The van der Waals surface area contributed by atoms with Crippen LogP contribution in [0.3, 0.4) is 0 Å². The molecule has 0 aliphatic carbocycles. The van der Waals surface area contributed by atoms with Crippen molar-refractivity contribution in [2.45, 2.75) is 19.9 Å². The minimum absolute atomic E-state index is 0.718. The van der Waals surface area contributed by atoms with Crippen molar-refractivity contribution < 1.29 is 0 Å². The van der Waals surface area contributed by atoms with E-state index in [1.54, 1.807) is 0 Å². The summed E-state index contributed by atoms with van der Waals surface area (Å²) in [6.07, 6.45) is 2.22. The van der Waals surface area contributed by atoms with Crippen LogP contribution in [-0.4, -0.2) is 25.7 Å². The van der Waals surface area contributed by atoms with E-state index in [4.69, 9.17) is 0 Å². The highest BCUT2D eigenvalue weighted by molar-refractivity contribution is 4.96. The Balaban J connectivity index is 1.99. The Morgan fingerprint density at radius 2 is 2.30 bits per heavy atom. The molecule has 58 valence electrons. The molecular weight excluding hydrogens is 124 g/mol. The maximum atomic E-state index is 3.41. The molecule has 2 nitrogen and oxygen atoms in total. The average Bonchev–Trinajstić information content (AvgIpc) is 1.75. The topological polar surface area (TPSA) is 24.1 Å². The molecule has 0 amide bonds. The van der Waals surface area contributed by atoms with Crippen LogP contribution in [-0.2, 0) is 0 Å². The number of rotatable bonds is 3. The lowest BCUT2D eigenvalue weighted by molar-refractivity contribution is 0.379. The lowest BCUT2D eigenvalue weighted by atomic mass is 10.2. The molecule has 0 radical (unpaired) electrons. The third kappa shape index (κ3) is 2.50. The maximum absolute atomic E-state index is 3.41. The third-order valence-electron chi connectivity index (χ3n) is 1.70. The van der Waals surface area contributed by atoms with E-state index >= 15 is 0 Å². The predicted molar refractivity (Wildman–Crippen MR) is 44.1 cm³/mol. The van der Waals surface area contributed by atoms with E-state index in [1.165, 1.54) is 5.57 Å². The first-order valence-electron chi connectivity index (χ1n) is 3.86. The normalized spacial score (nSPS) is 18.2. The van der Waals surface area contributed by atoms with Crippen molar-refractivity contribution in [2.75, 3.05) is 19.6 Å². The van der Waals surface area contributed by atoms with Crippen LogP contribution < -0.4 is 10.6 Å². The first kappa shape index (κ1) is 7.76. The van der Waals surface area contributed by atoms with Crippen LogP contribution in [0.1, 0.15) is 13.8 Å². The Morgan fingerprint density at radius 3 is 2.70 bits per heavy atom. The van der Waals surface area contributed by atoms with E-state index in [-0.39, 0.29) is 0 Å². The van der Waals surface area contributed by atoms with Crippen LogP contribution in [0.5, 0.6) is 0 Å². The Bertz CT molecular complexity index is 121. The summed E-state index contributed by atoms with van der Waals surface area (Å²) in [6.45, 7) is 7.54. The fourth-order valence-electron chi connectivity index (χ4n) is 0.863. The largest absolute Gasteiger partial charge is 0.314 e. The van der Waals surface area contributed by atoms with Crippen molar-refractivity contribution in [1.82, 2.24) is 10.6 Å². The summed E-state index contributed by atoms with van der Waals surface area (Å²) in [5.74, 6) is 0. The minimum Gasteiger partial charge on any atom is -0.314 e. The molecule has 2 heteroatoms. The average molecular weight is 140 g/mol. The summed E-state index contributed by atoms with van der Waals surface area (Å²) in [7, 11) is 0. The van der Waals surface area contributed by atoms with Crippen LogP contribution in [0.25, 0.3) is 0 Å². The van der Waals surface area contributed by atoms with Gasteiger partial charge in [0.1, 0.15) is 0 Å². The van der Waals surface area contributed by atoms with Gasteiger partial charge in [-0.05, 0) is 13.8 Å². The van der Waals surface area contributed by atoms with Crippen molar-refractivity contribution >= 4 is 0 Å². The molecule has 0 atom stereocenters. The summed E-state index contributed by atoms with van der Waals surface area (Å²) in [5.41, 5.74) is 1.39. The molecule has 0 spiro atoms. The van der Waals surface area contributed by atoms with Crippen molar-refractivity contribution in [1.29, 1.82) is 0 Å². The van der Waals surface area contributed by atoms with Crippen molar-refractivity contribution in [3.63, 3.8) is 0 Å². The van der Waals surface area contributed by atoms with Gasteiger partial charge in [0.25, 0.3) is 0 Å². The monoisotopic (exact) mass is 140 g/mol. The SMILES string of the molecule is CC(C)=CCNC1CNC1. The van der Waals surface area contributed by atoms with E-state index < -0.39 is 0 Å². The molecule has 0 saturated carbocycles. The van der Waals surface area contributed by atoms with Gasteiger partial charge in [0.05, 0.1) is 0 Å². The zero-order valence-electron chi connectivity index (χ0n) is 6.78. The Kier molecular flexibility index (Phi) is 2.90. The molecule has 1 aliphatic heterocycles. The number of allylic oxidation sites excluding steroid dienone is 1. The van der Waals surface area contributed by atoms with Crippen molar-refractivity contribution in [3.8, 4) is 0 Å². The van der Waals surface area contributed by atoms with Crippen LogP contribution >= 0.6 is 0 Å². The predicted octanol–water partition coefficient (Wildman–Crippen LogP) is 0.514. The second-order valence-corrected chi connectivity index (χ2v) is 3.04. The Morgan fingerprint density at radius 1 is 1.60 bits per heavy atom. The smallest absolute Gasteiger partial charge is 0.0320 e. The first-order valence-corrected chi connectivity index (χ1v) is 3.86. The molecule has 1 aliphatic rings. The quantitative estimate of drug-likeness (QED) is 0.558. The van der Waals surface area contributed by atoms with Crippen molar-refractivity contribution in [3.05, 3.63) is 11.6 Å². The van der Waals surface area contributed by atoms with Crippen molar-refractivity contribution in [2.24, 2.45) is 0 Å². The van der Waals surface area contributed by atoms with Gasteiger partial charge in [-0.3, -0.25) is 0 Å². The first-order chi connectivity index (χ1) is 4.79. The zero-order chi connectivity index (χ0) is 7.40. The van der Waals surface area contributed by atoms with Gasteiger partial charge in [0, 0.05) is 25.7 Å². The summed E-state index contributed by atoms with van der Waals surface area (Å²) >= 11 is 0. The molecule has 1 fully saturated rings. The highest BCUT2D eigenvalue weighted by atomic mass is 15.1. The van der Waals surface area contributed by atoms with Gasteiger partial charge in [-0.15, -0.1) is 0 Å². The van der Waals surface area contributed by atoms with Gasteiger partial charge in [-0.25, -0.2) is 0 Å². The standard InChI is InChI=1S/C8H16N2/c1-7(2)3-4-10-8-5-9-6-8/h3,8-10H,4-6H2,1-2H3. The fraction of sp³-hybridized carbons (Fsp3) is 0.750. The summed E-state index contributed by atoms with van der Waals surface area (Å²) in [4.78, 5) is 0. The fourth-order valence-corrected chi connectivity index (χ4v) is 0.863. The highest BCUT2D eigenvalue weighted by Crippen LogP contribution is 1.91. The van der Waals surface area contributed by atoms with Gasteiger partial charge < -0.3 is 10.6 Å². The van der Waals surface area contributed by atoms with E-state index in [1.807, 2.05) is 0 Å². The molecule has 0 unspecified atom stereocenters. The van der Waals surface area contributed by atoms with Crippen LogP contribution in [0.15, 0.2) is 11.6 Å². The molecule has 0 aromatic carbocycles. The molecule has 10 heavy (non-hydrogen) atoms. The molecule has 1 rings (SSSR count). The van der Waals surface area contributed by atoms with E-state index in [9.17, 15) is 0 Å². The Hall–Kier alpha value is -0.340. The molecule has 1 heterocycles. The summed E-state index contributed by atoms with van der Waals surface area (Å²) in [5, 5.41) is 6.63. The molecule has 0 bridgehead atoms.